The van der Waals surface area contributed by atoms with Gasteiger partial charge in [0.2, 0.25) is 0 Å². The zero-order chi connectivity index (χ0) is 16.6. The highest BCUT2D eigenvalue weighted by Gasteiger charge is 2.05. The van der Waals surface area contributed by atoms with Crippen LogP contribution < -0.4 is 5.32 Å². The van der Waals surface area contributed by atoms with Crippen molar-refractivity contribution in [3.63, 3.8) is 0 Å². The Morgan fingerprint density at radius 3 is 1.92 bits per heavy atom. The SMILES string of the molecule is S=C(/C=C(\Nc1ccccc1)Sc1ccccc1)c1ccccc1. The minimum absolute atomic E-state index is 0.817. The van der Waals surface area contributed by atoms with Crippen molar-refractivity contribution in [3.8, 4) is 0 Å². The van der Waals surface area contributed by atoms with Crippen LogP contribution >= 0.6 is 24.0 Å². The maximum Gasteiger partial charge on any atom is 0.0788 e. The van der Waals surface area contributed by atoms with Crippen LogP contribution in [0.3, 0.4) is 0 Å². The van der Waals surface area contributed by atoms with E-state index in [9.17, 15) is 0 Å². The van der Waals surface area contributed by atoms with Gasteiger partial charge >= 0.3 is 0 Å². The summed E-state index contributed by atoms with van der Waals surface area (Å²) in [5, 5.41) is 4.47. The molecule has 24 heavy (non-hydrogen) atoms. The molecule has 0 saturated heterocycles. The molecule has 0 aliphatic heterocycles. The van der Waals surface area contributed by atoms with Crippen molar-refractivity contribution in [1.29, 1.82) is 0 Å². The van der Waals surface area contributed by atoms with E-state index in [-0.39, 0.29) is 0 Å². The Hall–Kier alpha value is -2.36. The summed E-state index contributed by atoms with van der Waals surface area (Å²) >= 11 is 7.27. The molecular formula is C21H17NS2. The lowest BCUT2D eigenvalue weighted by molar-refractivity contribution is 1.46. The second kappa shape index (κ2) is 8.48. The van der Waals surface area contributed by atoms with Gasteiger partial charge in [-0.3, -0.25) is 0 Å². The predicted octanol–water partition coefficient (Wildman–Crippen LogP) is 6.15. The number of hydrogen-bond acceptors (Lipinski definition) is 3. The molecule has 3 heteroatoms. The topological polar surface area (TPSA) is 12.0 Å². The standard InChI is InChI=1S/C21H17NS2/c23-20(17-10-4-1-5-11-17)16-21(22-18-12-6-2-7-13-18)24-19-14-8-3-9-15-19/h1-16,22H/b21-16+. The molecule has 3 rings (SSSR count). The fourth-order valence-electron chi connectivity index (χ4n) is 2.18. The first-order valence-corrected chi connectivity index (χ1v) is 8.90. The fraction of sp³-hybridized carbons (Fsp3) is 0. The van der Waals surface area contributed by atoms with Crippen molar-refractivity contribution in [2.24, 2.45) is 0 Å². The summed E-state index contributed by atoms with van der Waals surface area (Å²) in [4.78, 5) is 1.99. The molecule has 0 spiro atoms. The van der Waals surface area contributed by atoms with Gasteiger partial charge in [0, 0.05) is 15.4 Å². The first-order chi connectivity index (χ1) is 11.8. The van der Waals surface area contributed by atoms with Gasteiger partial charge in [-0.05, 0) is 35.9 Å². The van der Waals surface area contributed by atoms with E-state index in [1.54, 1.807) is 11.8 Å². The van der Waals surface area contributed by atoms with Crippen LogP contribution in [0.1, 0.15) is 5.56 Å². The Kier molecular flexibility index (Phi) is 5.83. The first kappa shape index (κ1) is 16.5. The van der Waals surface area contributed by atoms with Crippen LogP contribution in [0, 0.1) is 0 Å². The van der Waals surface area contributed by atoms with Crippen molar-refractivity contribution in [2.75, 3.05) is 5.32 Å². The summed E-state index contributed by atoms with van der Waals surface area (Å²) in [6.45, 7) is 0. The zero-order valence-corrected chi connectivity index (χ0v) is 14.7. The lowest BCUT2D eigenvalue weighted by Crippen LogP contribution is -2.01. The molecule has 0 aliphatic carbocycles. The molecule has 0 atom stereocenters. The van der Waals surface area contributed by atoms with Gasteiger partial charge in [0.1, 0.15) is 0 Å². The summed E-state index contributed by atoms with van der Waals surface area (Å²) in [7, 11) is 0. The average Bonchev–Trinajstić information content (AvgIpc) is 2.64. The summed E-state index contributed by atoms with van der Waals surface area (Å²) in [6.07, 6.45) is 2.02. The summed E-state index contributed by atoms with van der Waals surface area (Å²) in [5.41, 5.74) is 2.09. The largest absolute Gasteiger partial charge is 0.350 e. The molecule has 3 aromatic rings. The lowest BCUT2D eigenvalue weighted by Gasteiger charge is -2.11. The van der Waals surface area contributed by atoms with E-state index in [2.05, 4.69) is 17.4 Å². The molecule has 0 amide bonds. The number of thiocarbonyl (C=S) groups is 1. The third-order valence-corrected chi connectivity index (χ3v) is 4.63. The Balaban J connectivity index is 1.86. The highest BCUT2D eigenvalue weighted by Crippen LogP contribution is 2.28. The molecule has 0 heterocycles. The Labute approximate surface area is 152 Å². The molecule has 0 bridgehead atoms. The van der Waals surface area contributed by atoms with Crippen LogP contribution in [0.4, 0.5) is 5.69 Å². The molecular weight excluding hydrogens is 330 g/mol. The summed E-state index contributed by atoms with van der Waals surface area (Å²) in [6, 6.07) is 30.5. The Bertz CT molecular complexity index is 769. The van der Waals surface area contributed by atoms with E-state index in [1.807, 2.05) is 84.9 Å². The van der Waals surface area contributed by atoms with Gasteiger partial charge in [-0.2, -0.15) is 0 Å². The number of rotatable bonds is 6. The van der Waals surface area contributed by atoms with E-state index in [1.165, 1.54) is 4.90 Å². The number of hydrogen-bond donors (Lipinski definition) is 1. The van der Waals surface area contributed by atoms with Crippen molar-refractivity contribution in [1.82, 2.24) is 0 Å². The van der Waals surface area contributed by atoms with Crippen molar-refractivity contribution < 1.29 is 0 Å². The highest BCUT2D eigenvalue weighted by molar-refractivity contribution is 8.03. The van der Waals surface area contributed by atoms with E-state index >= 15 is 0 Å². The van der Waals surface area contributed by atoms with E-state index in [0.29, 0.717) is 0 Å². The average molecular weight is 348 g/mol. The van der Waals surface area contributed by atoms with Crippen LogP contribution in [0.15, 0.2) is 107 Å². The molecule has 0 saturated carbocycles. The molecule has 1 nitrogen and oxygen atoms in total. The maximum atomic E-state index is 5.60. The van der Waals surface area contributed by atoms with Crippen LogP contribution in [0.2, 0.25) is 0 Å². The second-order valence-electron chi connectivity index (χ2n) is 5.15. The van der Waals surface area contributed by atoms with Gasteiger partial charge in [-0.1, -0.05) is 90.7 Å². The molecule has 118 valence electrons. The first-order valence-electron chi connectivity index (χ1n) is 7.67. The van der Waals surface area contributed by atoms with Gasteiger partial charge in [-0.25, -0.2) is 0 Å². The molecule has 0 radical (unpaired) electrons. The number of nitrogens with one attached hydrogen (secondary N) is 1. The second-order valence-corrected chi connectivity index (χ2v) is 6.70. The molecule has 3 aromatic carbocycles. The van der Waals surface area contributed by atoms with Crippen LogP contribution in [0.25, 0.3) is 0 Å². The Morgan fingerprint density at radius 1 is 0.750 bits per heavy atom. The quantitative estimate of drug-likeness (QED) is 0.248. The minimum Gasteiger partial charge on any atom is -0.350 e. The van der Waals surface area contributed by atoms with Gasteiger partial charge < -0.3 is 5.32 Å². The molecule has 1 N–H and O–H groups in total. The van der Waals surface area contributed by atoms with Crippen LogP contribution in [-0.2, 0) is 0 Å². The highest BCUT2D eigenvalue weighted by atomic mass is 32.2. The van der Waals surface area contributed by atoms with Crippen molar-refractivity contribution >= 4 is 34.5 Å². The van der Waals surface area contributed by atoms with E-state index in [0.717, 1.165) is 21.1 Å². The Morgan fingerprint density at radius 2 is 1.29 bits per heavy atom. The zero-order valence-electron chi connectivity index (χ0n) is 13.1. The third kappa shape index (κ3) is 4.82. The van der Waals surface area contributed by atoms with Crippen LogP contribution in [0.5, 0.6) is 0 Å². The number of allylic oxidation sites excluding steroid dienone is 1. The van der Waals surface area contributed by atoms with Crippen molar-refractivity contribution in [3.05, 3.63) is 108 Å². The maximum absolute atomic E-state index is 5.60. The molecule has 0 fully saturated rings. The number of para-hydroxylation sites is 1. The smallest absolute Gasteiger partial charge is 0.0788 e. The van der Waals surface area contributed by atoms with Gasteiger partial charge in [0.05, 0.1) is 5.03 Å². The van der Waals surface area contributed by atoms with Crippen molar-refractivity contribution in [2.45, 2.75) is 4.90 Å². The number of anilines is 1. The van der Waals surface area contributed by atoms with E-state index in [4.69, 9.17) is 12.2 Å². The lowest BCUT2D eigenvalue weighted by atomic mass is 10.1. The normalized spacial score (nSPS) is 11.1. The molecule has 0 unspecified atom stereocenters. The summed E-state index contributed by atoms with van der Waals surface area (Å²) in [5.74, 6) is 0. The van der Waals surface area contributed by atoms with E-state index < -0.39 is 0 Å². The van der Waals surface area contributed by atoms with Gasteiger partial charge in [-0.15, -0.1) is 0 Å². The van der Waals surface area contributed by atoms with Gasteiger partial charge in [0.15, 0.2) is 0 Å². The summed E-state index contributed by atoms with van der Waals surface area (Å²) < 4.78 is 0. The minimum atomic E-state index is 0.817. The number of thioether (sulfide) groups is 1. The predicted molar refractivity (Wildman–Crippen MR) is 109 cm³/mol. The molecule has 0 aliphatic rings. The number of benzene rings is 3. The van der Waals surface area contributed by atoms with Crippen LogP contribution in [-0.4, -0.2) is 4.86 Å². The van der Waals surface area contributed by atoms with Gasteiger partial charge in [0.25, 0.3) is 0 Å². The monoisotopic (exact) mass is 347 g/mol. The fourth-order valence-corrected chi connectivity index (χ4v) is 3.40. The molecule has 0 aromatic heterocycles. The third-order valence-electron chi connectivity index (χ3n) is 3.33.